The van der Waals surface area contributed by atoms with E-state index in [4.69, 9.17) is 21.3 Å². The number of benzene rings is 1. The summed E-state index contributed by atoms with van der Waals surface area (Å²) in [5, 5.41) is 11.0. The van der Waals surface area contributed by atoms with Crippen LogP contribution in [0.15, 0.2) is 35.0 Å². The summed E-state index contributed by atoms with van der Waals surface area (Å²) in [4.78, 5) is 21.3. The summed E-state index contributed by atoms with van der Waals surface area (Å²) >= 11 is 0.889. The highest BCUT2D eigenvalue weighted by atomic mass is 32.2. The van der Waals surface area contributed by atoms with E-state index in [1.165, 1.54) is 0 Å². The van der Waals surface area contributed by atoms with Gasteiger partial charge in [0.15, 0.2) is 0 Å². The molecule has 1 aromatic rings. The molecular weight excluding hydrogens is 342 g/mol. The van der Waals surface area contributed by atoms with E-state index in [1.54, 1.807) is 31.3 Å². The van der Waals surface area contributed by atoms with Crippen molar-refractivity contribution in [2.24, 2.45) is 16.8 Å². The number of rotatable bonds is 8. The van der Waals surface area contributed by atoms with Gasteiger partial charge in [-0.2, -0.15) is 0 Å². The number of anilines is 2. The smallest absolute Gasteiger partial charge is 0.356 e. The summed E-state index contributed by atoms with van der Waals surface area (Å²) in [6.07, 6.45) is 1.45. The Morgan fingerprint density at radius 1 is 1.32 bits per heavy atom. The number of carbonyl (C=O) groups is 2. The Labute approximate surface area is 152 Å². The normalized spacial score (nSPS) is 10.9. The Hall–Kier alpha value is -2.39. The lowest BCUT2D eigenvalue weighted by molar-refractivity contribution is -0.139. The van der Waals surface area contributed by atoms with Crippen LogP contribution in [0, 0.1) is 5.92 Å². The molecule has 1 amide bonds. The van der Waals surface area contributed by atoms with Crippen molar-refractivity contribution in [2.45, 2.75) is 20.3 Å². The summed E-state index contributed by atoms with van der Waals surface area (Å²) in [5.41, 5.74) is 12.4. The van der Waals surface area contributed by atoms with Crippen LogP contribution in [0.1, 0.15) is 20.3 Å². The maximum absolute atomic E-state index is 11.4. The molecule has 0 spiro atoms. The zero-order valence-electron chi connectivity index (χ0n) is 14.7. The van der Waals surface area contributed by atoms with Crippen molar-refractivity contribution in [3.05, 3.63) is 35.0 Å². The van der Waals surface area contributed by atoms with Crippen LogP contribution >= 0.6 is 11.9 Å². The number of amides is 1. The zero-order valence-corrected chi connectivity index (χ0v) is 15.6. The maximum Gasteiger partial charge on any atom is 0.356 e. The van der Waals surface area contributed by atoms with E-state index in [2.05, 4.69) is 24.5 Å². The molecule has 0 heterocycles. The van der Waals surface area contributed by atoms with E-state index in [-0.39, 0.29) is 5.70 Å². The number of nitrogens with one attached hydrogen (secondary N) is 2. The molecular formula is C16H27N5O3S. The van der Waals surface area contributed by atoms with Gasteiger partial charge in [-0.15, -0.1) is 0 Å². The summed E-state index contributed by atoms with van der Waals surface area (Å²) < 4.78 is 4.97. The van der Waals surface area contributed by atoms with Crippen molar-refractivity contribution < 1.29 is 14.3 Å². The fraction of sp³-hybridized carbons (Fsp3) is 0.375. The molecule has 8 N–H and O–H groups in total. The fourth-order valence-electron chi connectivity index (χ4n) is 1.46. The molecule has 0 fully saturated rings. The first-order valence-corrected chi connectivity index (χ1v) is 8.50. The van der Waals surface area contributed by atoms with E-state index in [0.29, 0.717) is 29.7 Å². The number of carbonyl (C=O) groups excluding carboxylic acids is 2. The van der Waals surface area contributed by atoms with E-state index in [0.717, 1.165) is 24.1 Å². The molecule has 0 aliphatic carbocycles. The Morgan fingerprint density at radius 2 is 1.92 bits per heavy atom. The zero-order chi connectivity index (χ0) is 19.2. The van der Waals surface area contributed by atoms with Gasteiger partial charge in [0.2, 0.25) is 6.41 Å². The van der Waals surface area contributed by atoms with E-state index in [9.17, 15) is 9.59 Å². The molecule has 0 radical (unpaired) electrons. The highest BCUT2D eigenvalue weighted by molar-refractivity contribution is 8.00. The minimum atomic E-state index is -0.530. The van der Waals surface area contributed by atoms with Crippen LogP contribution in [0.5, 0.6) is 0 Å². The number of ether oxygens (including phenoxy) is 1. The second-order valence-corrected chi connectivity index (χ2v) is 5.96. The standard InChI is InChI=1S/C9H19N3O2S.C7H8N2O/c1-6(2)4-5-14-9(13)7(10)8(12-3)15-11;8-6-1-3-7(4-2-6)9-5-10/h6,12H,4-5,10-11H2,1-3H3;1-5H,8H2,(H,9,10)/b8-7-;. The van der Waals surface area contributed by atoms with Gasteiger partial charge in [0, 0.05) is 18.4 Å². The first-order chi connectivity index (χ1) is 11.8. The lowest BCUT2D eigenvalue weighted by Crippen LogP contribution is -2.22. The van der Waals surface area contributed by atoms with Crippen molar-refractivity contribution in [1.82, 2.24) is 5.32 Å². The third kappa shape index (κ3) is 10.2. The number of nitrogen functional groups attached to an aromatic ring is 1. The van der Waals surface area contributed by atoms with Gasteiger partial charge in [-0.1, -0.05) is 13.8 Å². The third-order valence-electron chi connectivity index (χ3n) is 2.87. The van der Waals surface area contributed by atoms with Crippen molar-refractivity contribution in [3.8, 4) is 0 Å². The van der Waals surface area contributed by atoms with Gasteiger partial charge in [-0.25, -0.2) is 4.79 Å². The minimum Gasteiger partial charge on any atom is -0.461 e. The fourth-order valence-corrected chi connectivity index (χ4v) is 1.79. The van der Waals surface area contributed by atoms with Crippen LogP contribution in [0.3, 0.4) is 0 Å². The van der Waals surface area contributed by atoms with Crippen LogP contribution in [-0.4, -0.2) is 26.0 Å². The molecule has 0 saturated carbocycles. The highest BCUT2D eigenvalue weighted by Gasteiger charge is 2.12. The Bertz CT molecular complexity index is 555. The van der Waals surface area contributed by atoms with Crippen LogP contribution < -0.4 is 27.2 Å². The van der Waals surface area contributed by atoms with Gasteiger partial charge in [-0.05, 0) is 48.6 Å². The molecule has 0 atom stereocenters. The van der Waals surface area contributed by atoms with Crippen molar-refractivity contribution in [2.75, 3.05) is 24.7 Å². The van der Waals surface area contributed by atoms with Crippen LogP contribution in [-0.2, 0) is 14.3 Å². The van der Waals surface area contributed by atoms with Crippen LogP contribution in [0.25, 0.3) is 0 Å². The van der Waals surface area contributed by atoms with Crippen molar-refractivity contribution in [3.63, 3.8) is 0 Å². The number of hydrogen-bond acceptors (Lipinski definition) is 8. The Morgan fingerprint density at radius 3 is 2.36 bits per heavy atom. The molecule has 8 nitrogen and oxygen atoms in total. The molecule has 9 heteroatoms. The van der Waals surface area contributed by atoms with Gasteiger partial charge < -0.3 is 26.8 Å². The van der Waals surface area contributed by atoms with Crippen molar-refractivity contribution in [1.29, 1.82) is 0 Å². The van der Waals surface area contributed by atoms with E-state index >= 15 is 0 Å². The number of hydrogen-bond donors (Lipinski definition) is 5. The average molecular weight is 369 g/mol. The van der Waals surface area contributed by atoms with Crippen LogP contribution in [0.4, 0.5) is 11.4 Å². The predicted molar refractivity (Wildman–Crippen MR) is 103 cm³/mol. The van der Waals surface area contributed by atoms with E-state index in [1.807, 2.05) is 0 Å². The molecule has 0 aliphatic rings. The molecule has 140 valence electrons. The molecule has 0 aromatic heterocycles. The summed E-state index contributed by atoms with van der Waals surface area (Å²) in [5.74, 6) is -0.0337. The monoisotopic (exact) mass is 369 g/mol. The predicted octanol–water partition coefficient (Wildman–Crippen LogP) is 1.37. The molecule has 0 aliphatic heterocycles. The third-order valence-corrected chi connectivity index (χ3v) is 3.53. The summed E-state index contributed by atoms with van der Waals surface area (Å²) in [6.45, 7) is 4.49. The van der Waals surface area contributed by atoms with Crippen molar-refractivity contribution >= 4 is 35.7 Å². The molecule has 1 aromatic carbocycles. The number of esters is 1. The highest BCUT2D eigenvalue weighted by Crippen LogP contribution is 2.09. The maximum atomic E-state index is 11.4. The Kier molecular flexibility index (Phi) is 11.7. The quantitative estimate of drug-likeness (QED) is 0.152. The Balaban J connectivity index is 0.000000496. The SMILES string of the molecule is CN/C(SN)=C(/N)C(=O)OCCC(C)C.Nc1ccc(NC=O)cc1. The molecule has 1 rings (SSSR count). The average Bonchev–Trinajstić information content (AvgIpc) is 2.58. The lowest BCUT2D eigenvalue weighted by Gasteiger charge is -2.09. The van der Waals surface area contributed by atoms with Gasteiger partial charge in [0.05, 0.1) is 6.61 Å². The summed E-state index contributed by atoms with van der Waals surface area (Å²) in [7, 11) is 1.64. The second-order valence-electron chi connectivity index (χ2n) is 5.31. The minimum absolute atomic E-state index is 0.0220. The molecule has 0 bridgehead atoms. The number of nitrogens with two attached hydrogens (primary N) is 3. The van der Waals surface area contributed by atoms with Gasteiger partial charge in [0.1, 0.15) is 10.7 Å². The lowest BCUT2D eigenvalue weighted by atomic mass is 10.1. The second kappa shape index (κ2) is 13.0. The first-order valence-electron chi connectivity index (χ1n) is 7.62. The largest absolute Gasteiger partial charge is 0.461 e. The topological polar surface area (TPSA) is 145 Å². The molecule has 0 unspecified atom stereocenters. The van der Waals surface area contributed by atoms with E-state index < -0.39 is 5.97 Å². The molecule has 0 saturated heterocycles. The molecule has 25 heavy (non-hydrogen) atoms. The summed E-state index contributed by atoms with van der Waals surface area (Å²) in [6, 6.07) is 6.94. The first kappa shape index (κ1) is 22.6. The van der Waals surface area contributed by atoms with Gasteiger partial charge in [-0.3, -0.25) is 9.93 Å². The van der Waals surface area contributed by atoms with Crippen LogP contribution in [0.2, 0.25) is 0 Å². The van der Waals surface area contributed by atoms with Gasteiger partial charge >= 0.3 is 5.97 Å². The van der Waals surface area contributed by atoms with Gasteiger partial charge in [0.25, 0.3) is 0 Å².